The molecule has 0 radical (unpaired) electrons. The van der Waals surface area contributed by atoms with Crippen molar-refractivity contribution in [2.45, 2.75) is 95.9 Å². The van der Waals surface area contributed by atoms with Crippen LogP contribution in [0.2, 0.25) is 0 Å². The number of benzene rings is 1. The van der Waals surface area contributed by atoms with Crippen LogP contribution in [-0.4, -0.2) is 33.2 Å². The van der Waals surface area contributed by atoms with Crippen LogP contribution in [0.5, 0.6) is 0 Å². The van der Waals surface area contributed by atoms with E-state index >= 15 is 0 Å². The van der Waals surface area contributed by atoms with Gasteiger partial charge in [0.1, 0.15) is 0 Å². The zero-order valence-corrected chi connectivity index (χ0v) is 21.4. The minimum absolute atomic E-state index is 0.0253. The Balaban J connectivity index is 1.44. The monoisotopic (exact) mass is 491 g/mol. The van der Waals surface area contributed by atoms with E-state index in [0.717, 1.165) is 87.4 Å². The zero-order chi connectivity index (χ0) is 25.3. The van der Waals surface area contributed by atoms with Gasteiger partial charge in [0.05, 0.1) is 0 Å². The van der Waals surface area contributed by atoms with Crippen LogP contribution < -0.4 is 4.90 Å². The molecule has 0 aliphatic heterocycles. The number of carbonyl (C=O) groups is 2. The number of fused-ring (bicyclic) bond motifs is 3. The summed E-state index contributed by atoms with van der Waals surface area (Å²) in [7, 11) is 0. The molecule has 6 rings (SSSR count). The van der Waals surface area contributed by atoms with Crippen LogP contribution in [0.3, 0.4) is 0 Å². The van der Waals surface area contributed by atoms with Gasteiger partial charge in [0.2, 0.25) is 11.8 Å². The molecule has 1 atom stereocenters. The summed E-state index contributed by atoms with van der Waals surface area (Å²) >= 11 is 0. The number of nitrogens with zero attached hydrogens (tertiary/aromatic N) is 3. The van der Waals surface area contributed by atoms with Crippen molar-refractivity contribution in [2.75, 3.05) is 4.90 Å². The van der Waals surface area contributed by atoms with Crippen LogP contribution in [0.25, 0.3) is 6.08 Å². The largest absolute Gasteiger partial charge is 0.478 e. The van der Waals surface area contributed by atoms with Crippen LogP contribution >= 0.6 is 0 Å². The van der Waals surface area contributed by atoms with E-state index in [2.05, 4.69) is 22.0 Å². The molecule has 4 fully saturated rings. The summed E-state index contributed by atoms with van der Waals surface area (Å²) in [4.78, 5) is 31.8. The number of carboxylic acid groups (broad SMARTS) is 1. The summed E-state index contributed by atoms with van der Waals surface area (Å²) in [5, 5.41) is 13.1. The molecule has 0 spiro atoms. The molecule has 1 N–H and O–H groups in total. The van der Waals surface area contributed by atoms with Crippen LogP contribution in [0, 0.1) is 18.3 Å². The Morgan fingerprint density at radius 2 is 1.81 bits per heavy atom. The highest BCUT2D eigenvalue weighted by Gasteiger charge is 2.55. The SMILES string of the molecule is Cc1noc(C23CCC(C(C)N(C(=O)C4CCCCC4)c4cccc(/C=C/C(=O)O)c4)(CC2)CC3)n1. The average Bonchev–Trinajstić information content (AvgIpc) is 3.36. The highest BCUT2D eigenvalue weighted by Crippen LogP contribution is 2.59. The van der Waals surface area contributed by atoms with E-state index in [1.165, 1.54) is 6.42 Å². The van der Waals surface area contributed by atoms with Gasteiger partial charge in [-0.3, -0.25) is 4.79 Å². The summed E-state index contributed by atoms with van der Waals surface area (Å²) in [6, 6.07) is 7.82. The number of aromatic nitrogens is 2. The number of carbonyl (C=O) groups excluding carboxylic acids is 1. The number of aryl methyl sites for hydroxylation is 1. The lowest BCUT2D eigenvalue weighted by molar-refractivity contribution is -0.131. The Hall–Kier alpha value is -2.96. The Labute approximate surface area is 213 Å². The van der Waals surface area contributed by atoms with E-state index < -0.39 is 5.97 Å². The van der Waals surface area contributed by atoms with Gasteiger partial charge in [-0.2, -0.15) is 4.98 Å². The predicted molar refractivity (Wildman–Crippen MR) is 137 cm³/mol. The second-order valence-corrected chi connectivity index (χ2v) is 11.3. The molecule has 4 aliphatic rings. The fraction of sp³-hybridized carbons (Fsp3) is 0.586. The molecule has 1 aromatic heterocycles. The van der Waals surface area contributed by atoms with Gasteiger partial charge in [-0.25, -0.2) is 4.79 Å². The Morgan fingerprint density at radius 1 is 1.11 bits per heavy atom. The van der Waals surface area contributed by atoms with Gasteiger partial charge in [-0.15, -0.1) is 0 Å². The summed E-state index contributed by atoms with van der Waals surface area (Å²) in [5.41, 5.74) is 1.69. The van der Waals surface area contributed by atoms with E-state index in [-0.39, 0.29) is 28.7 Å². The van der Waals surface area contributed by atoms with Crippen LogP contribution in [-0.2, 0) is 15.0 Å². The molecular formula is C29H37N3O4. The number of carboxylic acids is 1. The zero-order valence-electron chi connectivity index (χ0n) is 21.4. The second-order valence-electron chi connectivity index (χ2n) is 11.3. The van der Waals surface area contributed by atoms with Crippen molar-refractivity contribution >= 4 is 23.6 Å². The number of hydrogen-bond donors (Lipinski definition) is 1. The third kappa shape index (κ3) is 4.60. The Kier molecular flexibility index (Phi) is 6.75. The lowest BCUT2D eigenvalue weighted by Crippen LogP contribution is -2.56. The third-order valence-electron chi connectivity index (χ3n) is 9.32. The quantitative estimate of drug-likeness (QED) is 0.472. The highest BCUT2D eigenvalue weighted by atomic mass is 16.5. The molecule has 0 saturated heterocycles. The fourth-order valence-corrected chi connectivity index (χ4v) is 6.98. The first-order valence-corrected chi connectivity index (χ1v) is 13.5. The van der Waals surface area contributed by atoms with Crippen molar-refractivity contribution in [3.05, 3.63) is 47.6 Å². The highest BCUT2D eigenvalue weighted by molar-refractivity contribution is 5.96. The van der Waals surface area contributed by atoms with E-state index in [0.29, 0.717) is 5.82 Å². The number of amides is 1. The molecule has 7 heteroatoms. The number of aliphatic carboxylic acids is 1. The summed E-state index contributed by atoms with van der Waals surface area (Å²) in [6.45, 7) is 4.10. The molecule has 192 valence electrons. The van der Waals surface area contributed by atoms with Crippen molar-refractivity contribution in [3.63, 3.8) is 0 Å². The predicted octanol–water partition coefficient (Wildman–Crippen LogP) is 6.07. The molecule has 4 saturated carbocycles. The first kappa shape index (κ1) is 24.7. The normalized spacial score (nSPS) is 27.3. The number of anilines is 1. The van der Waals surface area contributed by atoms with Gasteiger partial charge < -0.3 is 14.5 Å². The molecule has 7 nitrogen and oxygen atoms in total. The molecule has 2 aromatic rings. The van der Waals surface area contributed by atoms with Crippen LogP contribution in [0.4, 0.5) is 5.69 Å². The molecule has 2 bridgehead atoms. The first-order valence-electron chi connectivity index (χ1n) is 13.5. The van der Waals surface area contributed by atoms with E-state index in [9.17, 15) is 9.59 Å². The van der Waals surface area contributed by atoms with Gasteiger partial charge in [0, 0.05) is 29.1 Å². The van der Waals surface area contributed by atoms with E-state index in [4.69, 9.17) is 9.63 Å². The van der Waals surface area contributed by atoms with Crippen molar-refractivity contribution in [1.82, 2.24) is 10.1 Å². The number of rotatable bonds is 7. The Bertz CT molecular complexity index is 1120. The van der Waals surface area contributed by atoms with Gasteiger partial charge in [-0.1, -0.05) is 36.6 Å². The maximum absolute atomic E-state index is 14.1. The molecular weight excluding hydrogens is 454 g/mol. The van der Waals surface area contributed by atoms with Crippen molar-refractivity contribution in [3.8, 4) is 0 Å². The van der Waals surface area contributed by atoms with E-state index in [1.54, 1.807) is 6.08 Å². The van der Waals surface area contributed by atoms with Gasteiger partial charge in [0.25, 0.3) is 0 Å². The second kappa shape index (κ2) is 9.83. The average molecular weight is 492 g/mol. The Morgan fingerprint density at radius 3 is 2.42 bits per heavy atom. The van der Waals surface area contributed by atoms with Gasteiger partial charge in [-0.05, 0) is 94.4 Å². The molecule has 1 amide bonds. The summed E-state index contributed by atoms with van der Waals surface area (Å²) in [6.07, 6.45) is 14.2. The molecule has 36 heavy (non-hydrogen) atoms. The van der Waals surface area contributed by atoms with Crippen LogP contribution in [0.15, 0.2) is 34.9 Å². The van der Waals surface area contributed by atoms with E-state index in [1.807, 2.05) is 31.2 Å². The lowest BCUT2D eigenvalue weighted by Gasteiger charge is -2.56. The first-order chi connectivity index (χ1) is 17.3. The van der Waals surface area contributed by atoms with Crippen molar-refractivity contribution in [2.24, 2.45) is 11.3 Å². The summed E-state index contributed by atoms with van der Waals surface area (Å²) in [5.74, 6) is 0.784. The van der Waals surface area contributed by atoms with Crippen molar-refractivity contribution in [1.29, 1.82) is 0 Å². The topological polar surface area (TPSA) is 96.5 Å². The smallest absolute Gasteiger partial charge is 0.328 e. The third-order valence-corrected chi connectivity index (χ3v) is 9.32. The maximum atomic E-state index is 14.1. The maximum Gasteiger partial charge on any atom is 0.328 e. The molecule has 4 aliphatic carbocycles. The van der Waals surface area contributed by atoms with Gasteiger partial charge in [0.15, 0.2) is 5.82 Å². The molecule has 1 aromatic carbocycles. The fourth-order valence-electron chi connectivity index (χ4n) is 6.98. The minimum atomic E-state index is -0.980. The standard InChI is InChI=1S/C29H37N3O4/c1-20(28-13-16-29(17-14-28,18-15-28)27-30-21(2)31-36-27)32(26(35)23-8-4-3-5-9-23)24-10-6-7-22(19-24)11-12-25(33)34/h6-7,10-12,19-20,23H,3-5,8-9,13-18H2,1-2H3,(H,33,34)/b12-11+. The van der Waals surface area contributed by atoms with Gasteiger partial charge >= 0.3 is 5.97 Å². The minimum Gasteiger partial charge on any atom is -0.478 e. The molecule has 1 heterocycles. The van der Waals surface area contributed by atoms with Crippen LogP contribution in [0.1, 0.15) is 94.8 Å². The lowest BCUT2D eigenvalue weighted by atomic mass is 9.51. The summed E-state index contributed by atoms with van der Waals surface area (Å²) < 4.78 is 5.63. The van der Waals surface area contributed by atoms with Crippen molar-refractivity contribution < 1.29 is 19.2 Å². The molecule has 1 unspecified atom stereocenters. The number of hydrogen-bond acceptors (Lipinski definition) is 5.